The molecular formula is C11H26OSi. The van der Waals surface area contributed by atoms with Crippen molar-refractivity contribution in [3.63, 3.8) is 0 Å². The lowest BCUT2D eigenvalue weighted by Gasteiger charge is -2.19. The first kappa shape index (κ1) is 13.2. The maximum Gasteiger partial charge on any atom is 0.164 e. The maximum absolute atomic E-state index is 5.64. The van der Waals surface area contributed by atoms with E-state index in [2.05, 4.69) is 34.6 Å². The first-order chi connectivity index (χ1) is 6.06. The molecule has 2 heteroatoms. The van der Waals surface area contributed by atoms with Crippen molar-refractivity contribution in [1.82, 2.24) is 0 Å². The van der Waals surface area contributed by atoms with Crippen molar-refractivity contribution >= 4 is 9.76 Å². The minimum atomic E-state index is -0.260. The Morgan fingerprint density at radius 3 is 1.77 bits per heavy atom. The summed E-state index contributed by atoms with van der Waals surface area (Å²) in [6.45, 7) is 12.3. The minimum Gasteiger partial charge on any atom is -0.424 e. The average Bonchev–Trinajstić information content (AvgIpc) is 1.98. The van der Waals surface area contributed by atoms with E-state index in [-0.39, 0.29) is 9.76 Å². The lowest BCUT2D eigenvalue weighted by atomic mass is 10.0. The van der Waals surface area contributed by atoms with Gasteiger partial charge in [0.1, 0.15) is 0 Å². The molecule has 0 aromatic rings. The number of hydrogen-bond donors (Lipinski definition) is 0. The highest BCUT2D eigenvalue weighted by Gasteiger charge is 2.13. The molecule has 0 aliphatic carbocycles. The summed E-state index contributed by atoms with van der Waals surface area (Å²) in [5, 5.41) is 0. The molecule has 0 atom stereocenters. The lowest BCUT2D eigenvalue weighted by Crippen LogP contribution is -2.12. The Labute approximate surface area is 86.2 Å². The van der Waals surface area contributed by atoms with Crippen LogP contribution in [0, 0.1) is 11.8 Å². The van der Waals surface area contributed by atoms with Gasteiger partial charge in [0.2, 0.25) is 0 Å². The van der Waals surface area contributed by atoms with Crippen LogP contribution in [0.15, 0.2) is 0 Å². The molecule has 0 aromatic carbocycles. The van der Waals surface area contributed by atoms with Crippen molar-refractivity contribution in [1.29, 1.82) is 0 Å². The van der Waals surface area contributed by atoms with Crippen LogP contribution in [0.1, 0.15) is 47.5 Å². The molecule has 13 heavy (non-hydrogen) atoms. The molecular weight excluding hydrogens is 176 g/mol. The predicted molar refractivity (Wildman–Crippen MR) is 62.8 cm³/mol. The Kier molecular flexibility index (Phi) is 7.67. The Balaban J connectivity index is 3.73. The van der Waals surface area contributed by atoms with Crippen molar-refractivity contribution in [2.75, 3.05) is 6.61 Å². The summed E-state index contributed by atoms with van der Waals surface area (Å²) in [4.78, 5) is 0. The van der Waals surface area contributed by atoms with Crippen LogP contribution in [-0.4, -0.2) is 16.4 Å². The molecule has 1 nitrogen and oxygen atoms in total. The van der Waals surface area contributed by atoms with E-state index in [9.17, 15) is 0 Å². The third kappa shape index (κ3) is 8.51. The van der Waals surface area contributed by atoms with Crippen molar-refractivity contribution < 1.29 is 4.43 Å². The van der Waals surface area contributed by atoms with Crippen LogP contribution >= 0.6 is 0 Å². The molecule has 0 radical (unpaired) electrons. The fourth-order valence-corrected chi connectivity index (χ4v) is 4.02. The molecule has 0 rings (SSSR count). The predicted octanol–water partition coefficient (Wildman–Crippen LogP) is 2.99. The monoisotopic (exact) mass is 202 g/mol. The summed E-state index contributed by atoms with van der Waals surface area (Å²) in [5.41, 5.74) is 0.903. The highest BCUT2D eigenvalue weighted by atomic mass is 28.2. The van der Waals surface area contributed by atoms with Gasteiger partial charge in [-0.2, -0.15) is 0 Å². The normalized spacial score (nSPS) is 12.9. The van der Waals surface area contributed by atoms with Gasteiger partial charge in [-0.25, -0.2) is 0 Å². The standard InChI is InChI=1S/C11H26OSi/c1-6-12-13-11(7-9(2)3)8-10(4)5/h9-11H,6-8,13H2,1-5H3. The van der Waals surface area contributed by atoms with E-state index in [1.165, 1.54) is 12.8 Å². The van der Waals surface area contributed by atoms with E-state index < -0.39 is 0 Å². The van der Waals surface area contributed by atoms with E-state index in [1.54, 1.807) is 0 Å². The largest absolute Gasteiger partial charge is 0.424 e. The minimum absolute atomic E-state index is 0.260. The first-order valence-corrected chi connectivity index (χ1v) is 7.03. The molecule has 0 saturated carbocycles. The average molecular weight is 202 g/mol. The van der Waals surface area contributed by atoms with Gasteiger partial charge in [-0.1, -0.05) is 27.7 Å². The molecule has 80 valence electrons. The van der Waals surface area contributed by atoms with Gasteiger partial charge in [0.15, 0.2) is 9.76 Å². The fraction of sp³-hybridized carbons (Fsp3) is 1.00. The van der Waals surface area contributed by atoms with Crippen molar-refractivity contribution in [3.8, 4) is 0 Å². The molecule has 0 amide bonds. The summed E-state index contributed by atoms with van der Waals surface area (Å²) in [5.74, 6) is 1.66. The smallest absolute Gasteiger partial charge is 0.164 e. The van der Waals surface area contributed by atoms with Crippen molar-refractivity contribution in [3.05, 3.63) is 0 Å². The zero-order valence-electron chi connectivity index (χ0n) is 9.97. The van der Waals surface area contributed by atoms with Crippen molar-refractivity contribution in [2.24, 2.45) is 11.8 Å². The number of rotatable bonds is 7. The lowest BCUT2D eigenvalue weighted by molar-refractivity contribution is 0.337. The molecule has 0 unspecified atom stereocenters. The van der Waals surface area contributed by atoms with Gasteiger partial charge < -0.3 is 4.43 Å². The van der Waals surface area contributed by atoms with Crippen LogP contribution in [0.4, 0.5) is 0 Å². The van der Waals surface area contributed by atoms with E-state index >= 15 is 0 Å². The summed E-state index contributed by atoms with van der Waals surface area (Å²) >= 11 is 0. The van der Waals surface area contributed by atoms with Crippen LogP contribution in [0.3, 0.4) is 0 Å². The van der Waals surface area contributed by atoms with E-state index in [0.717, 1.165) is 24.0 Å². The summed E-state index contributed by atoms with van der Waals surface area (Å²) in [7, 11) is -0.260. The summed E-state index contributed by atoms with van der Waals surface area (Å²) in [6.07, 6.45) is 2.73. The zero-order chi connectivity index (χ0) is 10.3. The topological polar surface area (TPSA) is 9.23 Å². The molecule has 0 saturated heterocycles. The second-order valence-electron chi connectivity index (χ2n) is 4.78. The second-order valence-corrected chi connectivity index (χ2v) is 6.68. The number of hydrogen-bond acceptors (Lipinski definition) is 1. The fourth-order valence-electron chi connectivity index (χ4n) is 1.85. The van der Waals surface area contributed by atoms with E-state index in [0.29, 0.717) is 0 Å². The maximum atomic E-state index is 5.64. The molecule has 0 fully saturated rings. The van der Waals surface area contributed by atoms with Crippen LogP contribution in [-0.2, 0) is 4.43 Å². The molecule has 0 bridgehead atoms. The third-order valence-electron chi connectivity index (χ3n) is 2.17. The molecule has 0 aliphatic heterocycles. The van der Waals surface area contributed by atoms with E-state index in [1.807, 2.05) is 0 Å². The van der Waals surface area contributed by atoms with Crippen LogP contribution in [0.5, 0.6) is 0 Å². The van der Waals surface area contributed by atoms with Gasteiger partial charge in [-0.3, -0.25) is 0 Å². The first-order valence-electron chi connectivity index (χ1n) is 5.64. The Morgan fingerprint density at radius 2 is 1.46 bits per heavy atom. The highest BCUT2D eigenvalue weighted by molar-refractivity contribution is 6.29. The zero-order valence-corrected chi connectivity index (χ0v) is 11.4. The van der Waals surface area contributed by atoms with Gasteiger partial charge in [0, 0.05) is 6.61 Å². The SMILES string of the molecule is CCO[SiH2]C(CC(C)C)CC(C)C. The van der Waals surface area contributed by atoms with Gasteiger partial charge in [0.05, 0.1) is 0 Å². The third-order valence-corrected chi connectivity index (χ3v) is 3.95. The van der Waals surface area contributed by atoms with Gasteiger partial charge in [-0.05, 0) is 37.1 Å². The van der Waals surface area contributed by atoms with Gasteiger partial charge in [0.25, 0.3) is 0 Å². The van der Waals surface area contributed by atoms with E-state index in [4.69, 9.17) is 4.43 Å². The molecule has 0 aliphatic rings. The van der Waals surface area contributed by atoms with Crippen LogP contribution in [0.25, 0.3) is 0 Å². The Bertz CT molecular complexity index is 103. The van der Waals surface area contributed by atoms with Gasteiger partial charge in [-0.15, -0.1) is 0 Å². The quantitative estimate of drug-likeness (QED) is 0.577. The van der Waals surface area contributed by atoms with Gasteiger partial charge >= 0.3 is 0 Å². The molecule has 0 aromatic heterocycles. The van der Waals surface area contributed by atoms with Crippen LogP contribution in [0.2, 0.25) is 5.54 Å². The second kappa shape index (κ2) is 7.57. The highest BCUT2D eigenvalue weighted by Crippen LogP contribution is 2.24. The summed E-state index contributed by atoms with van der Waals surface area (Å²) in [6, 6.07) is 0. The van der Waals surface area contributed by atoms with Crippen LogP contribution < -0.4 is 0 Å². The Hall–Kier alpha value is 0.177. The van der Waals surface area contributed by atoms with Crippen molar-refractivity contribution in [2.45, 2.75) is 53.0 Å². The molecule has 0 spiro atoms. The molecule has 0 N–H and O–H groups in total. The molecule has 0 heterocycles. The Morgan fingerprint density at radius 1 is 1.00 bits per heavy atom. The summed E-state index contributed by atoms with van der Waals surface area (Å²) < 4.78 is 5.64.